The molecule has 166 valence electrons. The molecule has 1 nitrogen and oxygen atoms in total. The molecule has 0 N–H and O–H groups in total. The number of allylic oxidation sites excluding steroid dienone is 1. The molecule has 1 aliphatic heterocycles. The second-order valence-corrected chi connectivity index (χ2v) is 9.04. The smallest absolute Gasteiger partial charge is 0.0366 e. The number of anilines is 1. The minimum atomic E-state index is 0.892. The van der Waals surface area contributed by atoms with Gasteiger partial charge in [-0.05, 0) is 54.9 Å². The van der Waals surface area contributed by atoms with E-state index in [1.165, 1.54) is 107 Å². The van der Waals surface area contributed by atoms with Gasteiger partial charge in [0.2, 0.25) is 0 Å². The summed E-state index contributed by atoms with van der Waals surface area (Å²) in [5, 5.41) is 0. The largest absolute Gasteiger partial charge is 0.372 e. The lowest BCUT2D eigenvalue weighted by Crippen LogP contribution is -2.32. The molecule has 0 saturated carbocycles. The number of piperidine rings is 1. The number of nitrogens with zero attached hydrogens (tertiary/aromatic N) is 1. The summed E-state index contributed by atoms with van der Waals surface area (Å²) in [7, 11) is 0. The van der Waals surface area contributed by atoms with E-state index in [1.54, 1.807) is 0 Å². The Morgan fingerprint density at radius 2 is 1.28 bits per heavy atom. The number of benzene rings is 1. The van der Waals surface area contributed by atoms with Gasteiger partial charge in [-0.1, -0.05) is 104 Å². The zero-order valence-corrected chi connectivity index (χ0v) is 20.1. The van der Waals surface area contributed by atoms with E-state index in [4.69, 9.17) is 0 Å². The van der Waals surface area contributed by atoms with Crippen LogP contribution >= 0.6 is 0 Å². The van der Waals surface area contributed by atoms with Crippen LogP contribution in [0.25, 0.3) is 5.57 Å². The van der Waals surface area contributed by atoms with Gasteiger partial charge in [0.25, 0.3) is 0 Å². The number of rotatable bonds is 12. The Morgan fingerprint density at radius 1 is 0.793 bits per heavy atom. The molecule has 29 heavy (non-hydrogen) atoms. The molecule has 2 rings (SSSR count). The van der Waals surface area contributed by atoms with E-state index in [0.717, 1.165) is 12.3 Å². The van der Waals surface area contributed by atoms with Crippen LogP contribution in [-0.2, 0) is 0 Å². The highest BCUT2D eigenvalue weighted by Crippen LogP contribution is 2.26. The Balaban J connectivity index is 0.000000516. The Hall–Kier alpha value is -1.24. The molecule has 1 heterocycles. The fourth-order valence-electron chi connectivity index (χ4n) is 3.94. The van der Waals surface area contributed by atoms with E-state index in [2.05, 4.69) is 63.4 Å². The van der Waals surface area contributed by atoms with Gasteiger partial charge in [0.1, 0.15) is 0 Å². The third kappa shape index (κ3) is 11.5. The van der Waals surface area contributed by atoms with Gasteiger partial charge in [0.15, 0.2) is 0 Å². The summed E-state index contributed by atoms with van der Waals surface area (Å²) in [5.74, 6) is 0.892. The van der Waals surface area contributed by atoms with Crippen molar-refractivity contribution >= 4 is 11.3 Å². The fraction of sp³-hybridized carbons (Fsp3) is 0.714. The van der Waals surface area contributed by atoms with Crippen LogP contribution in [0.2, 0.25) is 0 Å². The Bertz CT molecular complexity index is 504. The van der Waals surface area contributed by atoms with E-state index >= 15 is 0 Å². The van der Waals surface area contributed by atoms with Crippen molar-refractivity contribution in [1.82, 2.24) is 0 Å². The molecule has 1 aromatic carbocycles. The quantitative estimate of drug-likeness (QED) is 0.316. The fourth-order valence-corrected chi connectivity index (χ4v) is 3.94. The molecule has 0 aliphatic carbocycles. The molecule has 1 aliphatic rings. The van der Waals surface area contributed by atoms with Gasteiger partial charge < -0.3 is 4.90 Å². The van der Waals surface area contributed by atoms with Crippen LogP contribution in [0.4, 0.5) is 5.69 Å². The third-order valence-electron chi connectivity index (χ3n) is 6.21. The number of hydrogen-bond donors (Lipinski definition) is 0. The second-order valence-electron chi connectivity index (χ2n) is 9.04. The molecular weight excluding hydrogens is 350 g/mol. The molecule has 0 bridgehead atoms. The predicted octanol–water partition coefficient (Wildman–Crippen LogP) is 9.27. The second kappa shape index (κ2) is 16.5. The summed E-state index contributed by atoms with van der Waals surface area (Å²) in [5.41, 5.74) is 4.01. The summed E-state index contributed by atoms with van der Waals surface area (Å²) in [6.07, 6.45) is 17.5. The summed E-state index contributed by atoms with van der Waals surface area (Å²) in [6.45, 7) is 15.8. The molecule has 0 amide bonds. The first-order valence-corrected chi connectivity index (χ1v) is 12.6. The molecule has 1 saturated heterocycles. The van der Waals surface area contributed by atoms with E-state index in [0.29, 0.717) is 0 Å². The van der Waals surface area contributed by atoms with Crippen molar-refractivity contribution < 1.29 is 0 Å². The molecule has 0 unspecified atom stereocenters. The van der Waals surface area contributed by atoms with Crippen LogP contribution in [0, 0.1) is 5.92 Å². The van der Waals surface area contributed by atoms with Crippen molar-refractivity contribution in [2.24, 2.45) is 5.92 Å². The van der Waals surface area contributed by atoms with E-state index in [1.807, 2.05) is 0 Å². The SMILES string of the molecule is C=C(CCCCCCC)c1ccc(N2CCC(C)CC2)cc1.CCCCCCC. The molecule has 0 spiro atoms. The average Bonchev–Trinajstić information content (AvgIpc) is 2.75. The van der Waals surface area contributed by atoms with Crippen LogP contribution in [-0.4, -0.2) is 13.1 Å². The summed E-state index contributed by atoms with van der Waals surface area (Å²) in [4.78, 5) is 2.53. The van der Waals surface area contributed by atoms with Gasteiger partial charge in [0, 0.05) is 18.8 Å². The van der Waals surface area contributed by atoms with Crippen molar-refractivity contribution in [3.8, 4) is 0 Å². The van der Waals surface area contributed by atoms with Crippen molar-refractivity contribution in [3.05, 3.63) is 36.4 Å². The van der Waals surface area contributed by atoms with Gasteiger partial charge in [-0.25, -0.2) is 0 Å². The molecule has 1 fully saturated rings. The Morgan fingerprint density at radius 3 is 1.79 bits per heavy atom. The highest BCUT2D eigenvalue weighted by molar-refractivity contribution is 5.65. The first-order chi connectivity index (χ1) is 14.1. The van der Waals surface area contributed by atoms with Gasteiger partial charge in [-0.3, -0.25) is 0 Å². The minimum absolute atomic E-state index is 0.892. The lowest BCUT2D eigenvalue weighted by atomic mass is 9.97. The van der Waals surface area contributed by atoms with Gasteiger partial charge in [0.05, 0.1) is 0 Å². The van der Waals surface area contributed by atoms with Crippen molar-refractivity contribution in [2.75, 3.05) is 18.0 Å². The van der Waals surface area contributed by atoms with Crippen LogP contribution in [0.1, 0.15) is 117 Å². The van der Waals surface area contributed by atoms with Crippen LogP contribution in [0.3, 0.4) is 0 Å². The normalized spacial score (nSPS) is 14.4. The first-order valence-electron chi connectivity index (χ1n) is 12.6. The zero-order valence-electron chi connectivity index (χ0n) is 20.1. The third-order valence-corrected chi connectivity index (χ3v) is 6.21. The standard InChI is InChI=1S/C21H33N.C7H16/c1-4-5-6-7-8-9-19(3)20-10-12-21(13-11-20)22-16-14-18(2)15-17-22;1-3-5-7-6-4-2/h10-13,18H,3-9,14-17H2,1-2H3;3-7H2,1-2H3. The predicted molar refractivity (Wildman–Crippen MR) is 134 cm³/mol. The van der Waals surface area contributed by atoms with Crippen molar-refractivity contribution in [1.29, 1.82) is 0 Å². The molecule has 1 aromatic rings. The Labute approximate surface area is 183 Å². The van der Waals surface area contributed by atoms with Gasteiger partial charge in [-0.2, -0.15) is 0 Å². The van der Waals surface area contributed by atoms with Crippen molar-refractivity contribution in [2.45, 2.75) is 111 Å². The lowest BCUT2D eigenvalue weighted by Gasteiger charge is -2.32. The Kier molecular flexibility index (Phi) is 14.7. The minimum Gasteiger partial charge on any atom is -0.372 e. The molecular formula is C28H49N. The van der Waals surface area contributed by atoms with E-state index in [-0.39, 0.29) is 0 Å². The first kappa shape index (κ1) is 25.8. The van der Waals surface area contributed by atoms with Crippen LogP contribution in [0.5, 0.6) is 0 Å². The van der Waals surface area contributed by atoms with E-state index in [9.17, 15) is 0 Å². The summed E-state index contributed by atoms with van der Waals surface area (Å²) >= 11 is 0. The summed E-state index contributed by atoms with van der Waals surface area (Å²) in [6, 6.07) is 9.10. The highest BCUT2D eigenvalue weighted by atomic mass is 15.1. The average molecular weight is 400 g/mol. The monoisotopic (exact) mass is 399 g/mol. The molecule has 0 radical (unpaired) electrons. The molecule has 0 atom stereocenters. The molecule has 0 aromatic heterocycles. The maximum absolute atomic E-state index is 4.28. The number of hydrogen-bond acceptors (Lipinski definition) is 1. The maximum Gasteiger partial charge on any atom is 0.0366 e. The molecule has 1 heteroatoms. The number of unbranched alkanes of at least 4 members (excludes halogenated alkanes) is 8. The van der Waals surface area contributed by atoms with Crippen molar-refractivity contribution in [3.63, 3.8) is 0 Å². The zero-order chi connectivity index (χ0) is 21.3. The maximum atomic E-state index is 4.28. The van der Waals surface area contributed by atoms with Gasteiger partial charge >= 0.3 is 0 Å². The lowest BCUT2D eigenvalue weighted by molar-refractivity contribution is 0.438. The van der Waals surface area contributed by atoms with Crippen LogP contribution < -0.4 is 4.90 Å². The summed E-state index contributed by atoms with van der Waals surface area (Å²) < 4.78 is 0. The van der Waals surface area contributed by atoms with Crippen LogP contribution in [0.15, 0.2) is 30.8 Å². The topological polar surface area (TPSA) is 3.24 Å². The van der Waals surface area contributed by atoms with E-state index < -0.39 is 0 Å². The highest BCUT2D eigenvalue weighted by Gasteiger charge is 2.15. The van der Waals surface area contributed by atoms with Gasteiger partial charge in [-0.15, -0.1) is 0 Å².